The second-order valence-corrected chi connectivity index (χ2v) is 5.78. The summed E-state index contributed by atoms with van der Waals surface area (Å²) in [6.45, 7) is 9.41. The molecule has 0 aromatic heterocycles. The fourth-order valence-corrected chi connectivity index (χ4v) is 1.62. The maximum Gasteiger partial charge on any atom is 0.333 e. The molecule has 1 aromatic rings. The first kappa shape index (κ1) is 18.0. The zero-order valence-corrected chi connectivity index (χ0v) is 13.6. The van der Waals surface area contributed by atoms with Gasteiger partial charge in [0, 0.05) is 12.0 Å². The van der Waals surface area contributed by atoms with Crippen molar-refractivity contribution in [2.24, 2.45) is 5.41 Å². The van der Waals surface area contributed by atoms with Crippen molar-refractivity contribution in [3.8, 4) is 0 Å². The Morgan fingerprint density at radius 3 is 2.27 bits per heavy atom. The first-order chi connectivity index (χ1) is 10.4. The minimum absolute atomic E-state index is 0.0399. The average molecular weight is 304 g/mol. The van der Waals surface area contributed by atoms with E-state index >= 15 is 0 Å². The standard InChI is InChI=1S/C18H24O4/c1-5-18(3,4)17(20)22-12-11-21-16(19)14(2)13-15-9-7-6-8-10-15/h6-10H,2,5,11-13H2,1,3-4H3. The third-order valence-corrected chi connectivity index (χ3v) is 3.54. The maximum atomic E-state index is 11.8. The third kappa shape index (κ3) is 5.72. The van der Waals surface area contributed by atoms with Gasteiger partial charge in [0.2, 0.25) is 0 Å². The van der Waals surface area contributed by atoms with Crippen LogP contribution in [0.4, 0.5) is 0 Å². The van der Waals surface area contributed by atoms with Crippen LogP contribution in [0.25, 0.3) is 0 Å². The summed E-state index contributed by atoms with van der Waals surface area (Å²) in [5.41, 5.74) is 0.868. The van der Waals surface area contributed by atoms with Crippen LogP contribution in [0.5, 0.6) is 0 Å². The summed E-state index contributed by atoms with van der Waals surface area (Å²) in [5, 5.41) is 0. The lowest BCUT2D eigenvalue weighted by atomic mass is 9.91. The first-order valence-electron chi connectivity index (χ1n) is 7.43. The van der Waals surface area contributed by atoms with Gasteiger partial charge in [0.25, 0.3) is 0 Å². The van der Waals surface area contributed by atoms with Crippen molar-refractivity contribution in [3.05, 3.63) is 48.0 Å². The molecule has 4 nitrogen and oxygen atoms in total. The number of benzene rings is 1. The van der Waals surface area contributed by atoms with Crippen LogP contribution in [0.15, 0.2) is 42.5 Å². The molecule has 0 aliphatic carbocycles. The highest BCUT2D eigenvalue weighted by molar-refractivity contribution is 5.88. The molecular weight excluding hydrogens is 280 g/mol. The monoisotopic (exact) mass is 304 g/mol. The van der Waals surface area contributed by atoms with E-state index in [1.165, 1.54) is 0 Å². The Morgan fingerprint density at radius 1 is 1.09 bits per heavy atom. The molecule has 0 saturated heterocycles. The van der Waals surface area contributed by atoms with Gasteiger partial charge in [0.15, 0.2) is 0 Å². The van der Waals surface area contributed by atoms with Crippen molar-refractivity contribution in [2.45, 2.75) is 33.6 Å². The zero-order chi connectivity index (χ0) is 16.6. The van der Waals surface area contributed by atoms with Crippen LogP contribution in [-0.2, 0) is 25.5 Å². The van der Waals surface area contributed by atoms with Crippen molar-refractivity contribution < 1.29 is 19.1 Å². The van der Waals surface area contributed by atoms with Gasteiger partial charge in [-0.2, -0.15) is 0 Å². The Balaban J connectivity index is 2.29. The lowest BCUT2D eigenvalue weighted by Gasteiger charge is -2.20. The Kier molecular flexibility index (Phi) is 6.83. The molecule has 22 heavy (non-hydrogen) atoms. The number of rotatable bonds is 8. The summed E-state index contributed by atoms with van der Waals surface area (Å²) in [4.78, 5) is 23.5. The Hall–Kier alpha value is -2.10. The van der Waals surface area contributed by atoms with Gasteiger partial charge in [-0.05, 0) is 25.8 Å². The van der Waals surface area contributed by atoms with Crippen LogP contribution >= 0.6 is 0 Å². The normalized spacial score (nSPS) is 10.9. The predicted molar refractivity (Wildman–Crippen MR) is 85.3 cm³/mol. The third-order valence-electron chi connectivity index (χ3n) is 3.54. The average Bonchev–Trinajstić information content (AvgIpc) is 2.51. The summed E-state index contributed by atoms with van der Waals surface area (Å²) >= 11 is 0. The summed E-state index contributed by atoms with van der Waals surface area (Å²) in [5.74, 6) is -0.746. The second-order valence-electron chi connectivity index (χ2n) is 5.78. The lowest BCUT2D eigenvalue weighted by Crippen LogP contribution is -2.27. The molecule has 0 N–H and O–H groups in total. The fraction of sp³-hybridized carbons (Fsp3) is 0.444. The highest BCUT2D eigenvalue weighted by Crippen LogP contribution is 2.21. The molecule has 0 bridgehead atoms. The van der Waals surface area contributed by atoms with Crippen LogP contribution in [0.3, 0.4) is 0 Å². The molecule has 0 fully saturated rings. The van der Waals surface area contributed by atoms with Gasteiger partial charge >= 0.3 is 11.9 Å². The van der Waals surface area contributed by atoms with Gasteiger partial charge in [-0.3, -0.25) is 4.79 Å². The van der Waals surface area contributed by atoms with Gasteiger partial charge in [0.1, 0.15) is 13.2 Å². The Morgan fingerprint density at radius 2 is 1.68 bits per heavy atom. The minimum Gasteiger partial charge on any atom is -0.462 e. The molecule has 0 aliphatic heterocycles. The Labute approximate surface area is 132 Å². The van der Waals surface area contributed by atoms with E-state index in [9.17, 15) is 9.59 Å². The van der Waals surface area contributed by atoms with E-state index in [1.54, 1.807) is 0 Å². The summed E-state index contributed by atoms with van der Waals surface area (Å²) in [6.07, 6.45) is 1.14. The Bertz CT molecular complexity index is 517. The number of carbonyl (C=O) groups is 2. The zero-order valence-electron chi connectivity index (χ0n) is 13.6. The molecule has 4 heteroatoms. The van der Waals surface area contributed by atoms with E-state index in [1.807, 2.05) is 51.1 Å². The van der Waals surface area contributed by atoms with E-state index < -0.39 is 11.4 Å². The molecule has 0 unspecified atom stereocenters. The van der Waals surface area contributed by atoms with E-state index in [0.717, 1.165) is 5.56 Å². The molecule has 1 rings (SSSR count). The quantitative estimate of drug-likeness (QED) is 0.420. The fourth-order valence-electron chi connectivity index (χ4n) is 1.62. The topological polar surface area (TPSA) is 52.6 Å². The molecule has 0 spiro atoms. The summed E-state index contributed by atoms with van der Waals surface area (Å²) < 4.78 is 10.2. The molecule has 120 valence electrons. The van der Waals surface area contributed by atoms with Gasteiger partial charge in [-0.25, -0.2) is 4.79 Å². The SMILES string of the molecule is C=C(Cc1ccccc1)C(=O)OCCOC(=O)C(C)(C)CC. The van der Waals surface area contributed by atoms with Crippen LogP contribution in [0.1, 0.15) is 32.8 Å². The minimum atomic E-state index is -0.513. The van der Waals surface area contributed by atoms with E-state index in [4.69, 9.17) is 9.47 Å². The van der Waals surface area contributed by atoms with Crippen molar-refractivity contribution in [1.82, 2.24) is 0 Å². The number of esters is 2. The largest absolute Gasteiger partial charge is 0.462 e. The van der Waals surface area contributed by atoms with Crippen molar-refractivity contribution in [3.63, 3.8) is 0 Å². The number of carbonyl (C=O) groups excluding carboxylic acids is 2. The summed E-state index contributed by atoms with van der Waals surface area (Å²) in [7, 11) is 0. The van der Waals surface area contributed by atoms with E-state index in [-0.39, 0.29) is 19.2 Å². The van der Waals surface area contributed by atoms with Crippen LogP contribution in [-0.4, -0.2) is 25.2 Å². The van der Waals surface area contributed by atoms with E-state index in [0.29, 0.717) is 18.4 Å². The highest BCUT2D eigenvalue weighted by Gasteiger charge is 2.26. The first-order valence-corrected chi connectivity index (χ1v) is 7.43. The predicted octanol–water partition coefficient (Wildman–Crippen LogP) is 3.31. The van der Waals surface area contributed by atoms with E-state index in [2.05, 4.69) is 6.58 Å². The van der Waals surface area contributed by atoms with Gasteiger partial charge in [0.05, 0.1) is 5.41 Å². The van der Waals surface area contributed by atoms with Gasteiger partial charge in [-0.1, -0.05) is 43.8 Å². The van der Waals surface area contributed by atoms with Crippen LogP contribution < -0.4 is 0 Å². The smallest absolute Gasteiger partial charge is 0.333 e. The van der Waals surface area contributed by atoms with Crippen molar-refractivity contribution in [1.29, 1.82) is 0 Å². The number of hydrogen-bond acceptors (Lipinski definition) is 4. The number of ether oxygens (including phenoxy) is 2. The molecule has 1 aromatic carbocycles. The molecule has 0 amide bonds. The molecular formula is C18H24O4. The highest BCUT2D eigenvalue weighted by atomic mass is 16.6. The second kappa shape index (κ2) is 8.37. The van der Waals surface area contributed by atoms with Crippen LogP contribution in [0, 0.1) is 5.41 Å². The molecule has 0 heterocycles. The van der Waals surface area contributed by atoms with Gasteiger partial charge in [-0.15, -0.1) is 0 Å². The maximum absolute atomic E-state index is 11.8. The van der Waals surface area contributed by atoms with Crippen molar-refractivity contribution in [2.75, 3.05) is 13.2 Å². The summed E-state index contributed by atoms with van der Waals surface area (Å²) in [6, 6.07) is 9.57. The molecule has 0 radical (unpaired) electrons. The van der Waals surface area contributed by atoms with Gasteiger partial charge < -0.3 is 9.47 Å². The molecule has 0 atom stereocenters. The number of hydrogen-bond donors (Lipinski definition) is 0. The molecule has 0 aliphatic rings. The molecule has 0 saturated carbocycles. The van der Waals surface area contributed by atoms with Crippen molar-refractivity contribution >= 4 is 11.9 Å². The lowest BCUT2D eigenvalue weighted by molar-refractivity contribution is -0.158. The van der Waals surface area contributed by atoms with Crippen LogP contribution in [0.2, 0.25) is 0 Å².